The molecule has 5 rings (SSSR count). The highest BCUT2D eigenvalue weighted by molar-refractivity contribution is 7.14. The zero-order chi connectivity index (χ0) is 21.5. The number of amides is 5. The van der Waals surface area contributed by atoms with Gasteiger partial charge in [0.25, 0.3) is 11.8 Å². The number of anilines is 1. The fourth-order valence-corrected chi connectivity index (χ4v) is 4.96. The highest BCUT2D eigenvalue weighted by atomic mass is 32.1. The zero-order valence-electron chi connectivity index (χ0n) is 16.7. The Kier molecular flexibility index (Phi) is 4.95. The maximum atomic E-state index is 12.9. The van der Waals surface area contributed by atoms with Crippen LogP contribution in [0.4, 0.5) is 9.80 Å². The Hall–Kier alpha value is -3.24. The van der Waals surface area contributed by atoms with Crippen molar-refractivity contribution in [1.82, 2.24) is 20.2 Å². The summed E-state index contributed by atoms with van der Waals surface area (Å²) in [6.07, 6.45) is 0.0435. The zero-order valence-corrected chi connectivity index (χ0v) is 17.6. The van der Waals surface area contributed by atoms with Crippen LogP contribution in [0.15, 0.2) is 35.7 Å². The third-order valence-electron chi connectivity index (χ3n) is 5.80. The molecule has 2 saturated heterocycles. The molecular formula is C21H21N5O4S. The average molecular weight is 439 g/mol. The minimum absolute atomic E-state index is 0.00247. The number of benzene rings is 1. The van der Waals surface area contributed by atoms with Gasteiger partial charge in [-0.25, -0.2) is 9.80 Å². The molecule has 0 aliphatic carbocycles. The quantitative estimate of drug-likeness (QED) is 0.727. The molecule has 2 aromatic rings. The number of carbonyl (C=O) groups excluding carboxylic acids is 4. The van der Waals surface area contributed by atoms with E-state index in [2.05, 4.69) is 32.6 Å². The van der Waals surface area contributed by atoms with Crippen LogP contribution < -0.4 is 10.2 Å². The Morgan fingerprint density at radius 2 is 1.68 bits per heavy atom. The predicted molar refractivity (Wildman–Crippen MR) is 114 cm³/mol. The van der Waals surface area contributed by atoms with Crippen LogP contribution >= 0.6 is 11.3 Å². The Morgan fingerprint density at radius 1 is 0.903 bits per heavy atom. The van der Waals surface area contributed by atoms with Gasteiger partial charge in [0.1, 0.15) is 0 Å². The molecule has 4 heterocycles. The number of urea groups is 1. The highest BCUT2D eigenvalue weighted by Gasteiger charge is 2.43. The van der Waals surface area contributed by atoms with Crippen LogP contribution in [-0.4, -0.2) is 71.4 Å². The number of imide groups is 2. The molecule has 3 aliphatic rings. The first kappa shape index (κ1) is 19.7. The topological polar surface area (TPSA) is 93.3 Å². The van der Waals surface area contributed by atoms with Crippen molar-refractivity contribution in [2.24, 2.45) is 0 Å². The lowest BCUT2D eigenvalue weighted by atomic mass is 10.1. The summed E-state index contributed by atoms with van der Waals surface area (Å²) in [6.45, 7) is 4.40. The summed E-state index contributed by atoms with van der Waals surface area (Å²) < 4.78 is 0. The number of rotatable bonds is 4. The lowest BCUT2D eigenvalue weighted by Crippen LogP contribution is -2.58. The van der Waals surface area contributed by atoms with Crippen LogP contribution in [0.3, 0.4) is 0 Å². The summed E-state index contributed by atoms with van der Waals surface area (Å²) in [5.74, 6) is -1.49. The second-order valence-electron chi connectivity index (χ2n) is 7.74. The fourth-order valence-electron chi connectivity index (χ4n) is 4.17. The van der Waals surface area contributed by atoms with Crippen LogP contribution in [0, 0.1) is 0 Å². The van der Waals surface area contributed by atoms with Gasteiger partial charge in [0.15, 0.2) is 0 Å². The number of nitrogens with zero attached hydrogens (tertiary/aromatic N) is 4. The molecule has 160 valence electrons. The minimum Gasteiger partial charge on any atom is -0.361 e. The van der Waals surface area contributed by atoms with E-state index < -0.39 is 23.8 Å². The maximum Gasteiger partial charge on any atom is 0.343 e. The van der Waals surface area contributed by atoms with E-state index in [1.807, 2.05) is 6.07 Å². The normalized spacial score (nSPS) is 19.8. The second-order valence-corrected chi connectivity index (χ2v) is 8.67. The van der Waals surface area contributed by atoms with Crippen LogP contribution in [0.5, 0.6) is 0 Å². The van der Waals surface area contributed by atoms with Gasteiger partial charge >= 0.3 is 6.03 Å². The number of fused-ring (bicyclic) bond motifs is 1. The van der Waals surface area contributed by atoms with E-state index in [9.17, 15) is 19.2 Å². The van der Waals surface area contributed by atoms with E-state index in [1.165, 1.54) is 5.00 Å². The van der Waals surface area contributed by atoms with Gasteiger partial charge in [0, 0.05) is 39.1 Å². The standard InChI is InChI=1S/C21H21N5O4S/c27-17-5-6-25(21(30)22-17)26-19(28)15-4-3-14(12-16(15)20(26)29)13-23-7-9-24(10-8-23)18-2-1-11-31-18/h1-4,11-12H,5-10,13H2,(H,22,27,30). The van der Waals surface area contributed by atoms with Crippen molar-refractivity contribution in [1.29, 1.82) is 0 Å². The summed E-state index contributed by atoms with van der Waals surface area (Å²) in [4.78, 5) is 53.9. The van der Waals surface area contributed by atoms with Crippen molar-refractivity contribution in [2.75, 3.05) is 37.6 Å². The number of hydrogen-bond acceptors (Lipinski definition) is 7. The van der Waals surface area contributed by atoms with Gasteiger partial charge in [0.2, 0.25) is 5.91 Å². The van der Waals surface area contributed by atoms with E-state index in [4.69, 9.17) is 0 Å². The minimum atomic E-state index is -0.755. The van der Waals surface area contributed by atoms with Crippen molar-refractivity contribution in [3.05, 3.63) is 52.4 Å². The van der Waals surface area contributed by atoms with Crippen LogP contribution in [-0.2, 0) is 11.3 Å². The fraction of sp³-hybridized carbons (Fsp3) is 0.333. The molecule has 3 aliphatic heterocycles. The van der Waals surface area contributed by atoms with E-state index in [0.717, 1.165) is 41.8 Å². The number of carbonyl (C=O) groups is 4. The predicted octanol–water partition coefficient (Wildman–Crippen LogP) is 1.52. The molecule has 1 aromatic carbocycles. The summed E-state index contributed by atoms with van der Waals surface area (Å²) in [5, 5.41) is 7.36. The van der Waals surface area contributed by atoms with Gasteiger partial charge in [0.05, 0.1) is 22.7 Å². The van der Waals surface area contributed by atoms with Crippen molar-refractivity contribution in [3.63, 3.8) is 0 Å². The molecule has 2 fully saturated rings. The smallest absolute Gasteiger partial charge is 0.343 e. The molecule has 0 radical (unpaired) electrons. The number of piperazine rings is 1. The molecule has 0 atom stereocenters. The molecule has 1 N–H and O–H groups in total. The van der Waals surface area contributed by atoms with Gasteiger partial charge in [-0.1, -0.05) is 6.07 Å². The average Bonchev–Trinajstić information content (AvgIpc) is 3.37. The molecule has 0 saturated carbocycles. The van der Waals surface area contributed by atoms with Gasteiger partial charge < -0.3 is 4.90 Å². The third-order valence-corrected chi connectivity index (χ3v) is 6.73. The first-order valence-corrected chi connectivity index (χ1v) is 11.0. The number of hydrazine groups is 1. The maximum absolute atomic E-state index is 12.9. The van der Waals surface area contributed by atoms with Crippen molar-refractivity contribution in [2.45, 2.75) is 13.0 Å². The lowest BCUT2D eigenvalue weighted by molar-refractivity contribution is -0.122. The first-order chi connectivity index (χ1) is 15.0. The third kappa shape index (κ3) is 3.57. The molecule has 9 nitrogen and oxygen atoms in total. The molecule has 5 amide bonds. The van der Waals surface area contributed by atoms with Gasteiger partial charge in [-0.15, -0.1) is 11.3 Å². The van der Waals surface area contributed by atoms with E-state index in [-0.39, 0.29) is 18.5 Å². The summed E-state index contributed by atoms with van der Waals surface area (Å²) in [5.41, 5.74) is 1.52. The lowest BCUT2D eigenvalue weighted by Gasteiger charge is -2.35. The number of hydrogen-bond donors (Lipinski definition) is 1. The summed E-state index contributed by atoms with van der Waals surface area (Å²) in [6, 6.07) is 8.69. The molecule has 0 bridgehead atoms. The Labute approximate surface area is 182 Å². The second kappa shape index (κ2) is 7.78. The SMILES string of the molecule is O=C1CCN(N2C(=O)c3ccc(CN4CCN(c5cccs5)CC4)cc3C2=O)C(=O)N1. The Balaban J connectivity index is 1.27. The summed E-state index contributed by atoms with van der Waals surface area (Å²) in [7, 11) is 0. The molecule has 0 unspecified atom stereocenters. The highest BCUT2D eigenvalue weighted by Crippen LogP contribution is 2.27. The van der Waals surface area contributed by atoms with Crippen LogP contribution in [0.1, 0.15) is 32.7 Å². The Bertz CT molecular complexity index is 1060. The van der Waals surface area contributed by atoms with E-state index in [1.54, 1.807) is 23.5 Å². The molecule has 31 heavy (non-hydrogen) atoms. The van der Waals surface area contributed by atoms with E-state index in [0.29, 0.717) is 12.1 Å². The van der Waals surface area contributed by atoms with Gasteiger partial charge in [-0.05, 0) is 35.2 Å². The first-order valence-electron chi connectivity index (χ1n) is 10.1. The summed E-state index contributed by atoms with van der Waals surface area (Å²) >= 11 is 1.74. The van der Waals surface area contributed by atoms with Crippen LogP contribution in [0.25, 0.3) is 0 Å². The number of thiophene rings is 1. The van der Waals surface area contributed by atoms with Crippen molar-refractivity contribution in [3.8, 4) is 0 Å². The van der Waals surface area contributed by atoms with Crippen molar-refractivity contribution >= 4 is 40.1 Å². The van der Waals surface area contributed by atoms with Crippen LogP contribution in [0.2, 0.25) is 0 Å². The monoisotopic (exact) mass is 439 g/mol. The molecular weight excluding hydrogens is 418 g/mol. The molecule has 10 heteroatoms. The number of nitrogens with one attached hydrogen (secondary N) is 1. The van der Waals surface area contributed by atoms with Crippen molar-refractivity contribution < 1.29 is 19.2 Å². The Morgan fingerprint density at radius 3 is 2.39 bits per heavy atom. The molecule has 0 spiro atoms. The molecule has 1 aromatic heterocycles. The van der Waals surface area contributed by atoms with Gasteiger partial charge in [-0.2, -0.15) is 5.01 Å². The largest absolute Gasteiger partial charge is 0.361 e. The van der Waals surface area contributed by atoms with Gasteiger partial charge in [-0.3, -0.25) is 24.6 Å². The van der Waals surface area contributed by atoms with E-state index >= 15 is 0 Å².